The standard InChI is InChI=1S/C17H25NO2S/c1-17-9-5-4-6-14(17)16(18-2)10-12-7-8-13(11-15(12)17)21(3,19)20/h7-8,11,14,16,18H,4-6,9-10H2,1-3H3/t14-,16+,17-/m1/s1. The van der Waals surface area contributed by atoms with Crippen LogP contribution < -0.4 is 5.32 Å². The molecule has 3 nitrogen and oxygen atoms in total. The van der Waals surface area contributed by atoms with E-state index in [-0.39, 0.29) is 5.41 Å². The predicted molar refractivity (Wildman–Crippen MR) is 85.4 cm³/mol. The highest BCUT2D eigenvalue weighted by Crippen LogP contribution is 2.50. The van der Waals surface area contributed by atoms with Crippen LogP contribution in [0, 0.1) is 5.92 Å². The van der Waals surface area contributed by atoms with Gasteiger partial charge in [-0.05, 0) is 60.9 Å². The molecule has 3 rings (SSSR count). The van der Waals surface area contributed by atoms with Crippen molar-refractivity contribution >= 4 is 9.84 Å². The first-order valence-corrected chi connectivity index (χ1v) is 9.76. The van der Waals surface area contributed by atoms with Gasteiger partial charge in [0.2, 0.25) is 0 Å². The zero-order chi connectivity index (χ0) is 15.3. The first kappa shape index (κ1) is 15.0. The topological polar surface area (TPSA) is 46.2 Å². The van der Waals surface area contributed by atoms with E-state index >= 15 is 0 Å². The maximum Gasteiger partial charge on any atom is 0.175 e. The fourth-order valence-electron chi connectivity index (χ4n) is 4.52. The first-order valence-electron chi connectivity index (χ1n) is 7.87. The highest BCUT2D eigenvalue weighted by atomic mass is 32.2. The molecule has 1 aromatic carbocycles. The van der Waals surface area contributed by atoms with Gasteiger partial charge in [0.05, 0.1) is 4.90 Å². The Bertz CT molecular complexity index is 653. The second-order valence-electron chi connectivity index (χ2n) is 6.96. The lowest BCUT2D eigenvalue weighted by molar-refractivity contribution is 0.141. The Balaban J connectivity index is 2.15. The quantitative estimate of drug-likeness (QED) is 0.914. The van der Waals surface area contributed by atoms with Crippen LogP contribution in [0.5, 0.6) is 0 Å². The molecule has 3 atom stereocenters. The summed E-state index contributed by atoms with van der Waals surface area (Å²) in [6.45, 7) is 2.34. The zero-order valence-corrected chi connectivity index (χ0v) is 14.0. The van der Waals surface area contributed by atoms with E-state index in [1.807, 2.05) is 12.1 Å². The number of rotatable bonds is 2. The molecule has 1 aromatic rings. The van der Waals surface area contributed by atoms with E-state index in [4.69, 9.17) is 0 Å². The van der Waals surface area contributed by atoms with E-state index in [0.29, 0.717) is 16.9 Å². The molecule has 21 heavy (non-hydrogen) atoms. The number of nitrogens with one attached hydrogen (secondary N) is 1. The van der Waals surface area contributed by atoms with Crippen LogP contribution >= 0.6 is 0 Å². The molecule has 0 saturated heterocycles. The van der Waals surface area contributed by atoms with Gasteiger partial charge < -0.3 is 5.32 Å². The summed E-state index contributed by atoms with van der Waals surface area (Å²) in [5.41, 5.74) is 2.71. The van der Waals surface area contributed by atoms with Gasteiger partial charge in [-0.1, -0.05) is 25.8 Å². The van der Waals surface area contributed by atoms with Crippen molar-refractivity contribution in [2.24, 2.45) is 5.92 Å². The Kier molecular flexibility index (Phi) is 3.65. The van der Waals surface area contributed by atoms with Crippen molar-refractivity contribution in [3.05, 3.63) is 29.3 Å². The van der Waals surface area contributed by atoms with Crippen LogP contribution in [0.2, 0.25) is 0 Å². The normalized spacial score (nSPS) is 32.3. The molecule has 2 aliphatic carbocycles. The highest BCUT2D eigenvalue weighted by molar-refractivity contribution is 7.90. The van der Waals surface area contributed by atoms with Crippen LogP contribution in [0.15, 0.2) is 23.1 Å². The third-order valence-electron chi connectivity index (χ3n) is 5.70. The van der Waals surface area contributed by atoms with E-state index in [2.05, 4.69) is 19.3 Å². The van der Waals surface area contributed by atoms with Crippen LogP contribution in [0.25, 0.3) is 0 Å². The molecule has 2 aliphatic rings. The van der Waals surface area contributed by atoms with Crippen molar-refractivity contribution < 1.29 is 8.42 Å². The summed E-state index contributed by atoms with van der Waals surface area (Å²) in [4.78, 5) is 0.467. The molecule has 0 heterocycles. The van der Waals surface area contributed by atoms with Crippen molar-refractivity contribution in [3.63, 3.8) is 0 Å². The number of fused-ring (bicyclic) bond motifs is 3. The summed E-state index contributed by atoms with van der Waals surface area (Å²) in [6.07, 6.45) is 7.25. The zero-order valence-electron chi connectivity index (χ0n) is 13.1. The molecule has 4 heteroatoms. The predicted octanol–water partition coefficient (Wildman–Crippen LogP) is 2.68. The minimum absolute atomic E-state index is 0.111. The molecule has 116 valence electrons. The van der Waals surface area contributed by atoms with Crippen molar-refractivity contribution in [3.8, 4) is 0 Å². The average Bonchev–Trinajstić information content (AvgIpc) is 2.44. The smallest absolute Gasteiger partial charge is 0.175 e. The summed E-state index contributed by atoms with van der Waals surface area (Å²) in [7, 11) is -1.08. The van der Waals surface area contributed by atoms with E-state index in [0.717, 1.165) is 12.8 Å². The molecule has 0 amide bonds. The number of likely N-dealkylation sites (N-methyl/N-ethyl adjacent to an activating group) is 1. The van der Waals surface area contributed by atoms with Gasteiger partial charge in [-0.25, -0.2) is 8.42 Å². The van der Waals surface area contributed by atoms with Gasteiger partial charge >= 0.3 is 0 Å². The van der Waals surface area contributed by atoms with Crippen LogP contribution in [0.3, 0.4) is 0 Å². The fourth-order valence-corrected chi connectivity index (χ4v) is 5.17. The van der Waals surface area contributed by atoms with Crippen molar-refractivity contribution in [2.75, 3.05) is 13.3 Å². The second-order valence-corrected chi connectivity index (χ2v) is 8.98. The Hall–Kier alpha value is -0.870. The van der Waals surface area contributed by atoms with Gasteiger partial charge in [0, 0.05) is 12.3 Å². The third kappa shape index (κ3) is 2.42. The van der Waals surface area contributed by atoms with Gasteiger partial charge in [-0.2, -0.15) is 0 Å². The molecular formula is C17H25NO2S. The van der Waals surface area contributed by atoms with Crippen molar-refractivity contribution in [2.45, 2.75) is 55.4 Å². The van der Waals surface area contributed by atoms with Crippen LogP contribution in [-0.4, -0.2) is 27.8 Å². The molecule has 1 fully saturated rings. The van der Waals surface area contributed by atoms with Crippen molar-refractivity contribution in [1.29, 1.82) is 0 Å². The van der Waals surface area contributed by atoms with Gasteiger partial charge in [0.1, 0.15) is 0 Å². The first-order chi connectivity index (χ1) is 9.86. The average molecular weight is 307 g/mol. The Morgan fingerprint density at radius 2 is 2.05 bits per heavy atom. The van der Waals surface area contributed by atoms with Gasteiger partial charge in [0.15, 0.2) is 9.84 Å². The van der Waals surface area contributed by atoms with Gasteiger partial charge in [0.25, 0.3) is 0 Å². The summed E-state index contributed by atoms with van der Waals surface area (Å²) in [6, 6.07) is 6.26. The summed E-state index contributed by atoms with van der Waals surface area (Å²) in [5.74, 6) is 0.610. The number of hydrogen-bond acceptors (Lipinski definition) is 3. The lowest BCUT2D eigenvalue weighted by atomic mass is 9.56. The molecular weight excluding hydrogens is 282 g/mol. The largest absolute Gasteiger partial charge is 0.316 e. The summed E-state index contributed by atoms with van der Waals surface area (Å²) < 4.78 is 23.8. The SMILES string of the molecule is CN[C@H]1Cc2ccc(S(C)(=O)=O)cc2[C@]2(C)CCCC[C@H]12. The monoisotopic (exact) mass is 307 g/mol. The molecule has 0 spiro atoms. The maximum absolute atomic E-state index is 11.9. The lowest BCUT2D eigenvalue weighted by Crippen LogP contribution is -2.51. The maximum atomic E-state index is 11.9. The van der Waals surface area contributed by atoms with Crippen LogP contribution in [0.4, 0.5) is 0 Å². The molecule has 1 saturated carbocycles. The number of hydrogen-bond donors (Lipinski definition) is 1. The Labute approximate surface area is 128 Å². The van der Waals surface area contributed by atoms with E-state index < -0.39 is 9.84 Å². The number of sulfone groups is 1. The molecule has 1 N–H and O–H groups in total. The molecule has 0 bridgehead atoms. The molecule has 0 unspecified atom stereocenters. The third-order valence-corrected chi connectivity index (χ3v) is 6.81. The summed E-state index contributed by atoms with van der Waals surface area (Å²) >= 11 is 0. The minimum Gasteiger partial charge on any atom is -0.316 e. The molecule has 0 radical (unpaired) electrons. The van der Waals surface area contributed by atoms with Gasteiger partial charge in [-0.15, -0.1) is 0 Å². The fraction of sp³-hybridized carbons (Fsp3) is 0.647. The second kappa shape index (κ2) is 5.10. The lowest BCUT2D eigenvalue weighted by Gasteiger charge is -2.50. The molecule has 0 aliphatic heterocycles. The Morgan fingerprint density at radius 3 is 2.71 bits per heavy atom. The van der Waals surface area contributed by atoms with Crippen molar-refractivity contribution in [1.82, 2.24) is 5.32 Å². The number of benzene rings is 1. The van der Waals surface area contributed by atoms with Gasteiger partial charge in [-0.3, -0.25) is 0 Å². The highest BCUT2D eigenvalue weighted by Gasteiger charge is 2.46. The Morgan fingerprint density at radius 1 is 1.29 bits per heavy atom. The molecule has 0 aromatic heterocycles. The van der Waals surface area contributed by atoms with Crippen LogP contribution in [0.1, 0.15) is 43.7 Å². The summed E-state index contributed by atoms with van der Waals surface area (Å²) in [5, 5.41) is 3.50. The van der Waals surface area contributed by atoms with Crippen LogP contribution in [-0.2, 0) is 21.7 Å². The van der Waals surface area contributed by atoms with E-state index in [1.165, 1.54) is 36.6 Å². The minimum atomic E-state index is -3.14. The van der Waals surface area contributed by atoms with E-state index in [1.54, 1.807) is 6.07 Å². The van der Waals surface area contributed by atoms with E-state index in [9.17, 15) is 8.42 Å².